The van der Waals surface area contributed by atoms with Crippen molar-refractivity contribution in [1.29, 1.82) is 0 Å². The van der Waals surface area contributed by atoms with E-state index in [2.05, 4.69) is 37.3 Å². The zero-order valence-electron chi connectivity index (χ0n) is 19.4. The van der Waals surface area contributed by atoms with Crippen LogP contribution in [0.3, 0.4) is 0 Å². The number of amides is 1. The van der Waals surface area contributed by atoms with E-state index in [1.807, 2.05) is 12.1 Å². The Kier molecular flexibility index (Phi) is 6.72. The van der Waals surface area contributed by atoms with Crippen molar-refractivity contribution in [2.75, 3.05) is 77.5 Å². The Hall–Kier alpha value is -2.34. The van der Waals surface area contributed by atoms with Crippen molar-refractivity contribution in [2.24, 2.45) is 0 Å². The number of aryl methyl sites for hydroxylation is 1. The summed E-state index contributed by atoms with van der Waals surface area (Å²) in [6, 6.07) is 3.91. The van der Waals surface area contributed by atoms with Gasteiger partial charge in [0.25, 0.3) is 0 Å². The topological polar surface area (TPSA) is 100 Å². The van der Waals surface area contributed by atoms with Crippen LogP contribution in [-0.4, -0.2) is 114 Å². The third-order valence-electron chi connectivity index (χ3n) is 6.90. The summed E-state index contributed by atoms with van der Waals surface area (Å²) in [4.78, 5) is 19.3. The second-order valence-electron chi connectivity index (χ2n) is 9.17. The number of aromatic nitrogens is 4. The first kappa shape index (κ1) is 22.5. The van der Waals surface area contributed by atoms with Gasteiger partial charge >= 0.3 is 0 Å². The van der Waals surface area contributed by atoms with Crippen molar-refractivity contribution in [3.63, 3.8) is 0 Å². The highest BCUT2D eigenvalue weighted by atomic mass is 16.7. The van der Waals surface area contributed by atoms with Crippen LogP contribution in [0, 0.1) is 0 Å². The van der Waals surface area contributed by atoms with Crippen molar-refractivity contribution < 1.29 is 14.3 Å². The molecule has 11 heteroatoms. The molecule has 2 aromatic rings. The molecule has 5 heterocycles. The molecule has 3 saturated heterocycles. The molecule has 0 atom stereocenters. The summed E-state index contributed by atoms with van der Waals surface area (Å²) in [7, 11) is 2.15. The van der Waals surface area contributed by atoms with Crippen LogP contribution in [0.4, 0.5) is 5.82 Å². The lowest BCUT2D eigenvalue weighted by atomic mass is 10.0. The van der Waals surface area contributed by atoms with Crippen molar-refractivity contribution in [3.05, 3.63) is 18.0 Å². The molecule has 5 rings (SSSR count). The standard InChI is InChI=1S/C22H34N8O3/c1-27-12-14-28(15-13-27)11-8-23-21(31)5-4-19-25-24-18-2-3-20(26-30(18)19)29-9-6-22(7-10-29)32-16-17-33-22/h2-3H,4-17H2,1H3,(H,23,31). The van der Waals surface area contributed by atoms with Crippen molar-refractivity contribution in [2.45, 2.75) is 31.5 Å². The minimum atomic E-state index is -0.403. The van der Waals surface area contributed by atoms with E-state index in [0.717, 1.165) is 64.5 Å². The van der Waals surface area contributed by atoms with Crippen LogP contribution in [0.1, 0.15) is 25.1 Å². The molecule has 0 bridgehead atoms. The molecule has 0 saturated carbocycles. The van der Waals surface area contributed by atoms with Crippen LogP contribution in [0.15, 0.2) is 12.1 Å². The molecule has 3 fully saturated rings. The zero-order valence-corrected chi connectivity index (χ0v) is 19.4. The number of hydrogen-bond acceptors (Lipinski definition) is 9. The molecule has 1 amide bonds. The van der Waals surface area contributed by atoms with E-state index >= 15 is 0 Å². The Bertz CT molecular complexity index is 942. The van der Waals surface area contributed by atoms with E-state index in [9.17, 15) is 4.79 Å². The summed E-state index contributed by atoms with van der Waals surface area (Å²) in [6.45, 7) is 8.87. The van der Waals surface area contributed by atoms with Crippen LogP contribution >= 0.6 is 0 Å². The largest absolute Gasteiger partial charge is 0.355 e. The van der Waals surface area contributed by atoms with Crippen LogP contribution in [0.5, 0.6) is 0 Å². The van der Waals surface area contributed by atoms with Gasteiger partial charge in [0, 0.05) is 78.0 Å². The average Bonchev–Trinajstić information content (AvgIpc) is 3.46. The van der Waals surface area contributed by atoms with Crippen LogP contribution in [0.2, 0.25) is 0 Å². The van der Waals surface area contributed by atoms with Crippen LogP contribution in [0.25, 0.3) is 5.65 Å². The minimum absolute atomic E-state index is 0.0370. The molecule has 0 aliphatic carbocycles. The first-order valence-electron chi connectivity index (χ1n) is 12.0. The van der Waals surface area contributed by atoms with Crippen molar-refractivity contribution >= 4 is 17.4 Å². The first-order chi connectivity index (χ1) is 16.1. The molecule has 3 aliphatic heterocycles. The van der Waals surface area contributed by atoms with E-state index in [1.165, 1.54) is 0 Å². The summed E-state index contributed by atoms with van der Waals surface area (Å²) < 4.78 is 13.4. The highest BCUT2D eigenvalue weighted by Gasteiger charge is 2.40. The Balaban J connectivity index is 1.12. The fourth-order valence-corrected chi connectivity index (χ4v) is 4.75. The van der Waals surface area contributed by atoms with E-state index in [4.69, 9.17) is 14.6 Å². The predicted octanol–water partition coefficient (Wildman–Crippen LogP) is -0.236. The van der Waals surface area contributed by atoms with Gasteiger partial charge in [0.2, 0.25) is 5.91 Å². The number of ether oxygens (including phenoxy) is 2. The quantitative estimate of drug-likeness (QED) is 0.603. The lowest BCUT2D eigenvalue weighted by Crippen LogP contribution is -2.46. The molecule has 1 spiro atoms. The minimum Gasteiger partial charge on any atom is -0.355 e. The van der Waals surface area contributed by atoms with E-state index < -0.39 is 5.79 Å². The maximum atomic E-state index is 12.4. The molecule has 0 unspecified atom stereocenters. The average molecular weight is 459 g/mol. The van der Waals surface area contributed by atoms with Crippen LogP contribution in [-0.2, 0) is 20.7 Å². The van der Waals surface area contributed by atoms with Crippen molar-refractivity contribution in [3.8, 4) is 0 Å². The summed E-state index contributed by atoms with van der Waals surface area (Å²) in [5, 5.41) is 16.3. The molecule has 11 nitrogen and oxygen atoms in total. The Morgan fingerprint density at radius 2 is 1.82 bits per heavy atom. The smallest absolute Gasteiger partial charge is 0.220 e. The van der Waals surface area contributed by atoms with Crippen molar-refractivity contribution in [1.82, 2.24) is 34.9 Å². The number of carbonyl (C=O) groups excluding carboxylic acids is 1. The van der Waals surface area contributed by atoms with E-state index in [0.29, 0.717) is 44.1 Å². The number of fused-ring (bicyclic) bond motifs is 1. The number of piperidine rings is 1. The molecular formula is C22H34N8O3. The van der Waals surface area contributed by atoms with Gasteiger partial charge in [0.15, 0.2) is 17.3 Å². The summed E-state index contributed by atoms with van der Waals surface area (Å²) >= 11 is 0. The fourth-order valence-electron chi connectivity index (χ4n) is 4.75. The molecular weight excluding hydrogens is 424 g/mol. The highest BCUT2D eigenvalue weighted by molar-refractivity contribution is 5.76. The number of rotatable bonds is 7. The molecule has 3 aliphatic rings. The maximum Gasteiger partial charge on any atom is 0.220 e. The molecule has 33 heavy (non-hydrogen) atoms. The van der Waals surface area contributed by atoms with Gasteiger partial charge in [0.1, 0.15) is 5.82 Å². The van der Waals surface area contributed by atoms with Gasteiger partial charge in [-0.15, -0.1) is 15.3 Å². The summed E-state index contributed by atoms with van der Waals surface area (Å²) in [5.74, 6) is 1.22. The maximum absolute atomic E-state index is 12.4. The summed E-state index contributed by atoms with van der Waals surface area (Å²) in [5.41, 5.74) is 0.695. The van der Waals surface area contributed by atoms with Gasteiger partial charge in [-0.2, -0.15) is 4.52 Å². The normalized spacial score (nSPS) is 21.8. The highest BCUT2D eigenvalue weighted by Crippen LogP contribution is 2.32. The van der Waals surface area contributed by atoms with Gasteiger partial charge in [-0.3, -0.25) is 9.69 Å². The number of carbonyl (C=O) groups is 1. The molecule has 0 radical (unpaired) electrons. The fraction of sp³-hybridized carbons (Fsp3) is 0.727. The van der Waals surface area contributed by atoms with Gasteiger partial charge in [-0.05, 0) is 19.2 Å². The monoisotopic (exact) mass is 458 g/mol. The lowest BCUT2D eigenvalue weighted by Gasteiger charge is -2.38. The third kappa shape index (κ3) is 5.26. The first-order valence-corrected chi connectivity index (χ1v) is 12.0. The summed E-state index contributed by atoms with van der Waals surface area (Å²) in [6.07, 6.45) is 2.53. The molecule has 0 aromatic carbocycles. The second kappa shape index (κ2) is 9.88. The number of anilines is 1. The lowest BCUT2D eigenvalue weighted by molar-refractivity contribution is -0.169. The van der Waals surface area contributed by atoms with Gasteiger partial charge in [-0.25, -0.2) is 0 Å². The second-order valence-corrected chi connectivity index (χ2v) is 9.17. The number of piperazine rings is 1. The van der Waals surface area contributed by atoms with Gasteiger partial charge in [-0.1, -0.05) is 0 Å². The SMILES string of the molecule is CN1CCN(CCNC(=O)CCc2nnc3ccc(N4CCC5(CC4)OCCO5)nn23)CC1. The Labute approximate surface area is 194 Å². The zero-order chi connectivity index (χ0) is 22.7. The number of nitrogens with one attached hydrogen (secondary N) is 1. The Morgan fingerprint density at radius 3 is 2.58 bits per heavy atom. The molecule has 180 valence electrons. The molecule has 1 N–H and O–H groups in total. The van der Waals surface area contributed by atoms with E-state index in [1.54, 1.807) is 4.52 Å². The van der Waals surface area contributed by atoms with Gasteiger partial charge < -0.3 is 24.6 Å². The predicted molar refractivity (Wildman–Crippen MR) is 122 cm³/mol. The number of likely N-dealkylation sites (N-methyl/N-ethyl adjacent to an activating group) is 1. The van der Waals surface area contributed by atoms with E-state index in [-0.39, 0.29) is 5.91 Å². The van der Waals surface area contributed by atoms with Crippen LogP contribution < -0.4 is 10.2 Å². The molecule has 2 aromatic heterocycles. The number of nitrogens with zero attached hydrogens (tertiary/aromatic N) is 7. The van der Waals surface area contributed by atoms with Gasteiger partial charge in [0.05, 0.1) is 13.2 Å². The third-order valence-corrected chi connectivity index (χ3v) is 6.90. The number of hydrogen-bond donors (Lipinski definition) is 1. The Morgan fingerprint density at radius 1 is 1.06 bits per heavy atom.